The van der Waals surface area contributed by atoms with E-state index in [1.54, 1.807) is 0 Å². The summed E-state index contributed by atoms with van der Waals surface area (Å²) in [6, 6.07) is 9.73. The van der Waals surface area contributed by atoms with E-state index < -0.39 is 0 Å². The van der Waals surface area contributed by atoms with Crippen LogP contribution < -0.4 is 10.1 Å². The highest BCUT2D eigenvalue weighted by molar-refractivity contribution is 5.80. The second-order valence-corrected chi connectivity index (χ2v) is 6.38. The van der Waals surface area contributed by atoms with Crippen LogP contribution in [0.2, 0.25) is 0 Å². The monoisotopic (exact) mass is 332 g/mol. The minimum atomic E-state index is 0.0311. The molecule has 0 spiro atoms. The predicted molar refractivity (Wildman–Crippen MR) is 93.8 cm³/mol. The van der Waals surface area contributed by atoms with E-state index in [1.807, 2.05) is 42.2 Å². The Labute approximate surface area is 144 Å². The van der Waals surface area contributed by atoms with Crippen LogP contribution in [0.3, 0.4) is 0 Å². The third kappa shape index (κ3) is 5.55. The van der Waals surface area contributed by atoms with Crippen molar-refractivity contribution in [2.75, 3.05) is 19.7 Å². The molecule has 1 unspecified atom stereocenters. The first-order chi connectivity index (χ1) is 11.6. The Kier molecular flexibility index (Phi) is 7.09. The van der Waals surface area contributed by atoms with Crippen LogP contribution in [0.15, 0.2) is 30.3 Å². The van der Waals surface area contributed by atoms with Crippen LogP contribution in [0, 0.1) is 5.92 Å². The molecule has 1 fully saturated rings. The Hall–Kier alpha value is -2.04. The fourth-order valence-corrected chi connectivity index (χ4v) is 2.78. The van der Waals surface area contributed by atoms with Gasteiger partial charge in [0.25, 0.3) is 0 Å². The van der Waals surface area contributed by atoms with Gasteiger partial charge in [-0.3, -0.25) is 9.59 Å². The number of rotatable bonds is 7. The molecule has 1 N–H and O–H groups in total. The molecule has 1 aromatic rings. The van der Waals surface area contributed by atoms with Crippen LogP contribution in [-0.2, 0) is 9.59 Å². The van der Waals surface area contributed by atoms with Crippen LogP contribution in [0.5, 0.6) is 5.75 Å². The number of nitrogens with zero attached hydrogens (tertiary/aromatic N) is 1. The van der Waals surface area contributed by atoms with Crippen LogP contribution in [-0.4, -0.2) is 42.5 Å². The Morgan fingerprint density at radius 2 is 1.92 bits per heavy atom. The lowest BCUT2D eigenvalue weighted by Gasteiger charge is -2.32. The summed E-state index contributed by atoms with van der Waals surface area (Å²) in [4.78, 5) is 26.2. The molecular formula is C19H28N2O3. The van der Waals surface area contributed by atoms with Gasteiger partial charge in [-0.15, -0.1) is 0 Å². The maximum atomic E-state index is 12.2. The van der Waals surface area contributed by atoms with Crippen molar-refractivity contribution in [2.45, 2.75) is 45.6 Å². The summed E-state index contributed by atoms with van der Waals surface area (Å²) in [5.74, 6) is 1.05. The topological polar surface area (TPSA) is 58.6 Å². The molecule has 1 aromatic carbocycles. The number of nitrogens with one attached hydrogen (secondary N) is 1. The maximum Gasteiger partial charge on any atom is 0.225 e. The first kappa shape index (κ1) is 18.3. The molecule has 1 heterocycles. The second kappa shape index (κ2) is 9.30. The standard InChI is InChI=1S/C19H28N2O3/c1-3-15(2)20-19(23)16-9-12-21(13-10-16)18(22)11-14-24-17-7-5-4-6-8-17/h4-8,15-16H,3,9-14H2,1-2H3,(H,20,23). The Morgan fingerprint density at radius 3 is 2.54 bits per heavy atom. The quantitative estimate of drug-likeness (QED) is 0.835. The molecule has 2 amide bonds. The molecule has 0 saturated carbocycles. The summed E-state index contributed by atoms with van der Waals surface area (Å²) in [6.07, 6.45) is 2.80. The number of carbonyl (C=O) groups excluding carboxylic acids is 2. The summed E-state index contributed by atoms with van der Waals surface area (Å²) in [7, 11) is 0. The van der Waals surface area contributed by atoms with E-state index >= 15 is 0 Å². The predicted octanol–water partition coefficient (Wildman–Crippen LogP) is 2.61. The van der Waals surface area contributed by atoms with Crippen molar-refractivity contribution >= 4 is 11.8 Å². The largest absolute Gasteiger partial charge is 0.493 e. The van der Waals surface area contributed by atoms with E-state index in [9.17, 15) is 9.59 Å². The summed E-state index contributed by atoms with van der Waals surface area (Å²) in [5, 5.41) is 3.03. The third-order valence-corrected chi connectivity index (χ3v) is 4.55. The molecule has 0 aromatic heterocycles. The van der Waals surface area contributed by atoms with Crippen molar-refractivity contribution in [3.05, 3.63) is 30.3 Å². The van der Waals surface area contributed by atoms with E-state index in [1.165, 1.54) is 0 Å². The zero-order chi connectivity index (χ0) is 17.4. The van der Waals surface area contributed by atoms with Crippen molar-refractivity contribution in [1.82, 2.24) is 10.2 Å². The average Bonchev–Trinajstić information content (AvgIpc) is 2.62. The number of hydrogen-bond acceptors (Lipinski definition) is 3. The van der Waals surface area contributed by atoms with Crippen molar-refractivity contribution < 1.29 is 14.3 Å². The molecule has 1 aliphatic rings. The molecule has 1 aliphatic heterocycles. The number of para-hydroxylation sites is 1. The normalized spacial score (nSPS) is 16.5. The number of piperidine rings is 1. The number of carbonyl (C=O) groups is 2. The zero-order valence-electron chi connectivity index (χ0n) is 14.7. The van der Waals surface area contributed by atoms with Crippen LogP contribution in [0.25, 0.3) is 0 Å². The van der Waals surface area contributed by atoms with Gasteiger partial charge in [0.1, 0.15) is 5.75 Å². The fraction of sp³-hybridized carbons (Fsp3) is 0.579. The molecule has 1 saturated heterocycles. The highest BCUT2D eigenvalue weighted by Crippen LogP contribution is 2.18. The smallest absolute Gasteiger partial charge is 0.225 e. The van der Waals surface area contributed by atoms with Gasteiger partial charge in [0, 0.05) is 25.0 Å². The molecule has 1 atom stereocenters. The molecule has 132 valence electrons. The van der Waals surface area contributed by atoms with Gasteiger partial charge in [0.05, 0.1) is 13.0 Å². The summed E-state index contributed by atoms with van der Waals surface area (Å²) < 4.78 is 5.57. The van der Waals surface area contributed by atoms with Gasteiger partial charge in [-0.2, -0.15) is 0 Å². The lowest BCUT2D eigenvalue weighted by molar-refractivity contribution is -0.136. The molecule has 0 radical (unpaired) electrons. The molecule has 24 heavy (non-hydrogen) atoms. The van der Waals surface area contributed by atoms with Crippen LogP contribution in [0.1, 0.15) is 39.5 Å². The van der Waals surface area contributed by atoms with E-state index in [0.717, 1.165) is 25.0 Å². The number of amides is 2. The van der Waals surface area contributed by atoms with E-state index in [-0.39, 0.29) is 23.8 Å². The third-order valence-electron chi connectivity index (χ3n) is 4.55. The van der Waals surface area contributed by atoms with Gasteiger partial charge in [-0.1, -0.05) is 25.1 Å². The van der Waals surface area contributed by atoms with Gasteiger partial charge in [-0.25, -0.2) is 0 Å². The summed E-state index contributed by atoms with van der Waals surface area (Å²) >= 11 is 0. The van der Waals surface area contributed by atoms with Crippen LogP contribution in [0.4, 0.5) is 0 Å². The van der Waals surface area contributed by atoms with Gasteiger partial charge < -0.3 is 15.0 Å². The Morgan fingerprint density at radius 1 is 1.25 bits per heavy atom. The van der Waals surface area contributed by atoms with Gasteiger partial charge in [-0.05, 0) is 38.3 Å². The minimum Gasteiger partial charge on any atom is -0.493 e. The maximum absolute atomic E-state index is 12.2. The van der Waals surface area contributed by atoms with Gasteiger partial charge in [0.2, 0.25) is 11.8 Å². The Balaban J connectivity index is 1.68. The zero-order valence-corrected chi connectivity index (χ0v) is 14.7. The molecule has 5 heteroatoms. The Bertz CT molecular complexity index is 525. The van der Waals surface area contributed by atoms with Gasteiger partial charge in [0.15, 0.2) is 0 Å². The molecule has 2 rings (SSSR count). The molecular weight excluding hydrogens is 304 g/mol. The van der Waals surface area contributed by atoms with E-state index in [0.29, 0.717) is 26.1 Å². The van der Waals surface area contributed by atoms with Gasteiger partial charge >= 0.3 is 0 Å². The number of benzene rings is 1. The number of likely N-dealkylation sites (tertiary alicyclic amines) is 1. The first-order valence-corrected chi connectivity index (χ1v) is 8.86. The van der Waals surface area contributed by atoms with Crippen LogP contribution >= 0.6 is 0 Å². The fourth-order valence-electron chi connectivity index (χ4n) is 2.78. The molecule has 0 aliphatic carbocycles. The lowest BCUT2D eigenvalue weighted by atomic mass is 9.95. The van der Waals surface area contributed by atoms with Crippen molar-refractivity contribution in [1.29, 1.82) is 0 Å². The minimum absolute atomic E-state index is 0.0311. The van der Waals surface area contributed by atoms with Crippen molar-refractivity contribution in [3.63, 3.8) is 0 Å². The number of ether oxygens (including phenoxy) is 1. The number of hydrogen-bond donors (Lipinski definition) is 1. The first-order valence-electron chi connectivity index (χ1n) is 8.86. The highest BCUT2D eigenvalue weighted by Gasteiger charge is 2.27. The van der Waals surface area contributed by atoms with E-state index in [2.05, 4.69) is 12.2 Å². The lowest BCUT2D eigenvalue weighted by Crippen LogP contribution is -2.44. The summed E-state index contributed by atoms with van der Waals surface area (Å²) in [5.41, 5.74) is 0. The highest BCUT2D eigenvalue weighted by atomic mass is 16.5. The second-order valence-electron chi connectivity index (χ2n) is 6.38. The van der Waals surface area contributed by atoms with E-state index in [4.69, 9.17) is 4.74 Å². The molecule has 0 bridgehead atoms. The molecule has 5 nitrogen and oxygen atoms in total. The SMILES string of the molecule is CCC(C)NC(=O)C1CCN(C(=O)CCOc2ccccc2)CC1. The summed E-state index contributed by atoms with van der Waals surface area (Å²) in [6.45, 7) is 5.77. The van der Waals surface area contributed by atoms with Crippen molar-refractivity contribution in [2.24, 2.45) is 5.92 Å². The average molecular weight is 332 g/mol. The van der Waals surface area contributed by atoms with Crippen molar-refractivity contribution in [3.8, 4) is 5.75 Å².